The molecule has 18 heavy (non-hydrogen) atoms. The minimum absolute atomic E-state index is 0. The van der Waals surface area contributed by atoms with Crippen molar-refractivity contribution in [2.75, 3.05) is 0 Å². The summed E-state index contributed by atoms with van der Waals surface area (Å²) in [7, 11) is 0. The van der Waals surface area contributed by atoms with E-state index in [9.17, 15) is 22.8 Å². The second kappa shape index (κ2) is 4.84. The number of nitrogens with zero attached hydrogens (tertiary/aromatic N) is 2. The van der Waals surface area contributed by atoms with E-state index in [0.29, 0.717) is 0 Å². The zero-order valence-corrected chi connectivity index (χ0v) is 9.56. The summed E-state index contributed by atoms with van der Waals surface area (Å²) in [6.07, 6.45) is -4.40. The van der Waals surface area contributed by atoms with E-state index in [2.05, 4.69) is 9.97 Å². The maximum Gasteiger partial charge on any atom is 0.390 e. The molecule has 0 amide bonds. The number of alkyl halides is 3. The molecule has 10 heteroatoms. The normalized spacial score (nSPS) is 11.5. The number of aromatic nitrogens is 4. The number of rotatable bonds is 2. The molecular formula is C8H8ClF3N4O2. The first-order chi connectivity index (χ1) is 7.88. The topological polar surface area (TPSA) is 83.5 Å². The molecule has 0 fully saturated rings. The summed E-state index contributed by atoms with van der Waals surface area (Å²) < 4.78 is 37.0. The van der Waals surface area contributed by atoms with Crippen molar-refractivity contribution < 1.29 is 13.2 Å². The lowest BCUT2D eigenvalue weighted by Crippen LogP contribution is -2.31. The van der Waals surface area contributed by atoms with Gasteiger partial charge in [-0.15, -0.1) is 12.4 Å². The lowest BCUT2D eigenvalue weighted by molar-refractivity contribution is -0.136. The average molecular weight is 285 g/mol. The molecule has 0 aliphatic heterocycles. The van der Waals surface area contributed by atoms with Crippen molar-refractivity contribution >= 4 is 23.6 Å². The molecule has 0 aromatic carbocycles. The number of hydrogen-bond donors (Lipinski definition) is 2. The highest BCUT2D eigenvalue weighted by Gasteiger charge is 2.27. The molecule has 0 aliphatic rings. The van der Waals surface area contributed by atoms with E-state index >= 15 is 0 Å². The molecule has 2 N–H and O–H groups in total. The van der Waals surface area contributed by atoms with Crippen molar-refractivity contribution in [2.24, 2.45) is 0 Å². The van der Waals surface area contributed by atoms with Crippen LogP contribution in [0.1, 0.15) is 6.42 Å². The minimum atomic E-state index is -4.38. The number of fused-ring (bicyclic) bond motifs is 1. The number of hydrogen-bond acceptors (Lipinski definition) is 3. The van der Waals surface area contributed by atoms with Gasteiger partial charge in [0.25, 0.3) is 5.56 Å². The number of aromatic amines is 2. The van der Waals surface area contributed by atoms with E-state index in [1.165, 1.54) is 0 Å². The monoisotopic (exact) mass is 284 g/mol. The van der Waals surface area contributed by atoms with Crippen LogP contribution in [0.25, 0.3) is 11.2 Å². The van der Waals surface area contributed by atoms with Gasteiger partial charge in [0, 0.05) is 6.54 Å². The molecule has 2 rings (SSSR count). The minimum Gasteiger partial charge on any atom is -0.339 e. The molecule has 2 aromatic rings. The molecule has 0 bridgehead atoms. The number of halogens is 4. The summed E-state index contributed by atoms with van der Waals surface area (Å²) in [5.74, 6) is 0. The Morgan fingerprint density at radius 3 is 2.61 bits per heavy atom. The van der Waals surface area contributed by atoms with Crippen LogP contribution in [-0.2, 0) is 6.54 Å². The molecule has 6 nitrogen and oxygen atoms in total. The van der Waals surface area contributed by atoms with Crippen LogP contribution in [0.5, 0.6) is 0 Å². The highest BCUT2D eigenvalue weighted by Crippen LogP contribution is 2.20. The van der Waals surface area contributed by atoms with Gasteiger partial charge in [-0.1, -0.05) is 0 Å². The lowest BCUT2D eigenvalue weighted by atomic mass is 10.4. The fraction of sp³-hybridized carbons (Fsp3) is 0.375. The Labute approximate surface area is 103 Å². The quantitative estimate of drug-likeness (QED) is 0.855. The van der Waals surface area contributed by atoms with Crippen molar-refractivity contribution in [1.29, 1.82) is 0 Å². The molecule has 0 saturated heterocycles. The maximum absolute atomic E-state index is 12.1. The predicted molar refractivity (Wildman–Crippen MR) is 58.9 cm³/mol. The van der Waals surface area contributed by atoms with Gasteiger partial charge in [-0.2, -0.15) is 13.2 Å². The smallest absolute Gasteiger partial charge is 0.339 e. The SMILES string of the molecule is Cl.O=c1[nH]c(=O)n(CCC(F)(F)F)c2nc[nH]c12. The number of imidazole rings is 1. The number of H-pyrrole nitrogens is 2. The van der Waals surface area contributed by atoms with Crippen molar-refractivity contribution in [1.82, 2.24) is 19.5 Å². The largest absolute Gasteiger partial charge is 0.390 e. The molecule has 0 unspecified atom stereocenters. The standard InChI is InChI=1S/C8H7F3N4O2.ClH/c9-8(10,11)1-2-15-5-4(12-3-13-5)6(16)14-7(15)17;/h3H,1-2H2,(H,12,13)(H,14,16,17);1H. The van der Waals surface area contributed by atoms with Gasteiger partial charge in [0.05, 0.1) is 12.7 Å². The molecule has 0 atom stereocenters. The molecule has 2 heterocycles. The highest BCUT2D eigenvalue weighted by molar-refractivity contribution is 5.85. The van der Waals surface area contributed by atoms with Crippen LogP contribution >= 0.6 is 12.4 Å². The number of nitrogens with one attached hydrogen (secondary N) is 2. The number of aryl methyl sites for hydroxylation is 1. The van der Waals surface area contributed by atoms with Gasteiger partial charge >= 0.3 is 11.9 Å². The summed E-state index contributed by atoms with van der Waals surface area (Å²) in [5, 5.41) is 0. The second-order valence-corrected chi connectivity index (χ2v) is 3.38. The molecule has 100 valence electrons. The molecule has 0 saturated carbocycles. The summed E-state index contributed by atoms with van der Waals surface area (Å²) in [5.41, 5.74) is -1.71. The van der Waals surface area contributed by atoms with Gasteiger partial charge in [0.15, 0.2) is 5.65 Å². The molecule has 0 aliphatic carbocycles. The first-order valence-corrected chi connectivity index (χ1v) is 4.61. The Balaban J connectivity index is 0.00000162. The van der Waals surface area contributed by atoms with Gasteiger partial charge in [-0.25, -0.2) is 9.78 Å². The Morgan fingerprint density at radius 2 is 2.00 bits per heavy atom. The summed E-state index contributed by atoms with van der Waals surface area (Å²) >= 11 is 0. The van der Waals surface area contributed by atoms with E-state index < -0.39 is 30.4 Å². The van der Waals surface area contributed by atoms with Gasteiger partial charge in [-0.3, -0.25) is 14.3 Å². The van der Waals surface area contributed by atoms with Crippen molar-refractivity contribution in [3.8, 4) is 0 Å². The first-order valence-electron chi connectivity index (χ1n) is 4.61. The Kier molecular flexibility index (Phi) is 3.85. The van der Waals surface area contributed by atoms with Crippen molar-refractivity contribution in [2.45, 2.75) is 19.1 Å². The maximum atomic E-state index is 12.1. The van der Waals surface area contributed by atoms with Crippen LogP contribution in [0.3, 0.4) is 0 Å². The van der Waals surface area contributed by atoms with Crippen LogP contribution in [0, 0.1) is 0 Å². The third kappa shape index (κ3) is 2.73. The molecule has 2 aromatic heterocycles. The second-order valence-electron chi connectivity index (χ2n) is 3.38. The van der Waals surface area contributed by atoms with Crippen molar-refractivity contribution in [3.05, 3.63) is 27.2 Å². The third-order valence-corrected chi connectivity index (χ3v) is 2.19. The van der Waals surface area contributed by atoms with Crippen LogP contribution in [0.4, 0.5) is 13.2 Å². The van der Waals surface area contributed by atoms with Gasteiger partial charge < -0.3 is 4.98 Å². The summed E-state index contributed by atoms with van der Waals surface area (Å²) in [6.45, 7) is -0.583. The van der Waals surface area contributed by atoms with E-state index in [0.717, 1.165) is 10.9 Å². The van der Waals surface area contributed by atoms with Crippen LogP contribution in [0.15, 0.2) is 15.9 Å². The van der Waals surface area contributed by atoms with E-state index in [4.69, 9.17) is 0 Å². The fourth-order valence-corrected chi connectivity index (χ4v) is 1.43. The molecule has 0 spiro atoms. The summed E-state index contributed by atoms with van der Waals surface area (Å²) in [4.78, 5) is 30.6. The van der Waals surface area contributed by atoms with Crippen LogP contribution < -0.4 is 11.2 Å². The van der Waals surface area contributed by atoms with E-state index in [1.807, 2.05) is 4.98 Å². The summed E-state index contributed by atoms with van der Waals surface area (Å²) in [6, 6.07) is 0. The lowest BCUT2D eigenvalue weighted by Gasteiger charge is -2.08. The fourth-order valence-electron chi connectivity index (χ4n) is 1.43. The third-order valence-electron chi connectivity index (χ3n) is 2.19. The van der Waals surface area contributed by atoms with E-state index in [1.54, 1.807) is 0 Å². The van der Waals surface area contributed by atoms with Gasteiger partial charge in [0.2, 0.25) is 0 Å². The zero-order chi connectivity index (χ0) is 12.6. The van der Waals surface area contributed by atoms with Gasteiger partial charge in [0.1, 0.15) is 5.52 Å². The Hall–Kier alpha value is -1.77. The predicted octanol–water partition coefficient (Wildman–Crippen LogP) is 0.787. The first kappa shape index (κ1) is 14.3. The Bertz CT molecular complexity index is 657. The molecule has 0 radical (unpaired) electrons. The Morgan fingerprint density at radius 1 is 1.33 bits per heavy atom. The van der Waals surface area contributed by atoms with E-state index in [-0.39, 0.29) is 23.6 Å². The highest BCUT2D eigenvalue weighted by atomic mass is 35.5. The molecular weight excluding hydrogens is 277 g/mol. The van der Waals surface area contributed by atoms with Crippen LogP contribution in [0.2, 0.25) is 0 Å². The van der Waals surface area contributed by atoms with Crippen molar-refractivity contribution in [3.63, 3.8) is 0 Å². The van der Waals surface area contributed by atoms with Gasteiger partial charge in [-0.05, 0) is 0 Å². The van der Waals surface area contributed by atoms with Crippen LogP contribution in [-0.4, -0.2) is 25.7 Å². The average Bonchev–Trinajstić information content (AvgIpc) is 2.64. The zero-order valence-electron chi connectivity index (χ0n) is 8.74.